The van der Waals surface area contributed by atoms with Crippen LogP contribution in [0.15, 0.2) is 5.18 Å². The highest BCUT2D eigenvalue weighted by Gasteiger charge is 2.14. The first-order valence-electron chi connectivity index (χ1n) is 8.75. The standard InChI is InChI=1S/C8H13N5O2.C8H15N5O/c1-4(2)3-15-7-5(13-14)6(9)11-8(10)12-7;1-4(2)3-14-7-5(9)6(10)12-8(11)13-7/h4H,3H2,1-2H3,(H4,9,10,11,12);4H,3,9H2,1-2H3,(H4,10,11,12,13). The first kappa shape index (κ1) is 23.4. The van der Waals surface area contributed by atoms with Crippen molar-refractivity contribution in [3.63, 3.8) is 0 Å². The van der Waals surface area contributed by atoms with E-state index in [4.69, 9.17) is 38.1 Å². The van der Waals surface area contributed by atoms with E-state index in [2.05, 4.69) is 25.1 Å². The minimum Gasteiger partial charge on any atom is -0.476 e. The van der Waals surface area contributed by atoms with Crippen molar-refractivity contribution >= 4 is 34.9 Å². The van der Waals surface area contributed by atoms with E-state index in [1.165, 1.54) is 0 Å². The van der Waals surface area contributed by atoms with E-state index in [9.17, 15) is 4.91 Å². The van der Waals surface area contributed by atoms with Crippen molar-refractivity contribution in [2.75, 3.05) is 41.9 Å². The Morgan fingerprint density at radius 2 is 1.21 bits per heavy atom. The third-order valence-electron chi connectivity index (χ3n) is 3.05. The average Bonchev–Trinajstić information content (AvgIpc) is 2.61. The third kappa shape index (κ3) is 7.48. The predicted octanol–water partition coefficient (Wildman–Crippen LogP) is 1.33. The summed E-state index contributed by atoms with van der Waals surface area (Å²) >= 11 is 0. The molecule has 13 nitrogen and oxygen atoms in total. The van der Waals surface area contributed by atoms with Gasteiger partial charge in [0.15, 0.2) is 11.6 Å². The minimum atomic E-state index is -0.107. The quantitative estimate of drug-likeness (QED) is 0.408. The Labute approximate surface area is 168 Å². The molecular formula is C16H28N10O3. The normalized spacial score (nSPS) is 10.4. The van der Waals surface area contributed by atoms with E-state index >= 15 is 0 Å². The molecule has 10 N–H and O–H groups in total. The van der Waals surface area contributed by atoms with Crippen LogP contribution in [0.1, 0.15) is 27.7 Å². The van der Waals surface area contributed by atoms with E-state index in [1.807, 2.05) is 27.7 Å². The third-order valence-corrected chi connectivity index (χ3v) is 3.05. The summed E-state index contributed by atoms with van der Waals surface area (Å²) in [6, 6.07) is 0. The van der Waals surface area contributed by atoms with Crippen molar-refractivity contribution in [2.45, 2.75) is 27.7 Å². The summed E-state index contributed by atoms with van der Waals surface area (Å²) in [5.74, 6) is 1.06. The second kappa shape index (κ2) is 10.6. The zero-order chi connectivity index (χ0) is 22.1. The van der Waals surface area contributed by atoms with Gasteiger partial charge in [0.2, 0.25) is 23.5 Å². The zero-order valence-electron chi connectivity index (χ0n) is 16.9. The van der Waals surface area contributed by atoms with Crippen LogP contribution in [0.3, 0.4) is 0 Å². The van der Waals surface area contributed by atoms with Gasteiger partial charge < -0.3 is 38.1 Å². The van der Waals surface area contributed by atoms with Crippen molar-refractivity contribution in [1.82, 2.24) is 19.9 Å². The molecule has 29 heavy (non-hydrogen) atoms. The van der Waals surface area contributed by atoms with E-state index in [0.29, 0.717) is 25.0 Å². The molecule has 2 aromatic rings. The molecular weight excluding hydrogens is 380 g/mol. The second-order valence-electron chi connectivity index (χ2n) is 6.81. The van der Waals surface area contributed by atoms with Gasteiger partial charge >= 0.3 is 0 Å². The number of aromatic nitrogens is 4. The summed E-state index contributed by atoms with van der Waals surface area (Å²) in [5, 5.41) is 2.71. The van der Waals surface area contributed by atoms with Crippen LogP contribution >= 0.6 is 0 Å². The fourth-order valence-corrected chi connectivity index (χ4v) is 1.74. The van der Waals surface area contributed by atoms with Crippen LogP contribution in [-0.2, 0) is 0 Å². The summed E-state index contributed by atoms with van der Waals surface area (Å²) in [5.41, 5.74) is 27.4. The number of ether oxygens (including phenoxy) is 2. The number of nitroso groups, excluding NO2 is 1. The topological polar surface area (TPSA) is 230 Å². The van der Waals surface area contributed by atoms with Gasteiger partial charge in [0.05, 0.1) is 13.2 Å². The van der Waals surface area contributed by atoms with Crippen LogP contribution in [-0.4, -0.2) is 33.1 Å². The molecule has 0 aromatic carbocycles. The van der Waals surface area contributed by atoms with E-state index in [0.717, 1.165) is 0 Å². The minimum absolute atomic E-state index is 0.0312. The molecule has 0 spiro atoms. The molecule has 2 rings (SSSR count). The number of rotatable bonds is 7. The summed E-state index contributed by atoms with van der Waals surface area (Å²) in [6.07, 6.45) is 0. The summed E-state index contributed by atoms with van der Waals surface area (Å²) in [4.78, 5) is 25.4. The number of nitrogen functional groups attached to an aromatic ring is 5. The summed E-state index contributed by atoms with van der Waals surface area (Å²) in [7, 11) is 0. The Morgan fingerprint density at radius 3 is 1.69 bits per heavy atom. The smallest absolute Gasteiger partial charge is 0.250 e. The largest absolute Gasteiger partial charge is 0.476 e. The van der Waals surface area contributed by atoms with Gasteiger partial charge in [-0.05, 0) is 17.0 Å². The van der Waals surface area contributed by atoms with Crippen LogP contribution in [0.2, 0.25) is 0 Å². The average molecular weight is 408 g/mol. The second-order valence-corrected chi connectivity index (χ2v) is 6.81. The Kier molecular flexibility index (Phi) is 8.58. The van der Waals surface area contributed by atoms with Gasteiger partial charge in [-0.1, -0.05) is 27.7 Å². The molecule has 0 bridgehead atoms. The Morgan fingerprint density at radius 1 is 0.759 bits per heavy atom. The first-order valence-corrected chi connectivity index (χ1v) is 8.75. The highest BCUT2D eigenvalue weighted by atomic mass is 16.5. The molecule has 2 aromatic heterocycles. The van der Waals surface area contributed by atoms with E-state index in [1.54, 1.807) is 0 Å². The molecule has 0 saturated heterocycles. The lowest BCUT2D eigenvalue weighted by molar-refractivity contribution is 0.262. The maximum absolute atomic E-state index is 10.5. The molecule has 0 saturated carbocycles. The maximum Gasteiger partial charge on any atom is 0.250 e. The molecule has 0 unspecified atom stereocenters. The van der Waals surface area contributed by atoms with Crippen LogP contribution in [0.4, 0.5) is 34.9 Å². The first-order chi connectivity index (χ1) is 13.5. The molecule has 0 atom stereocenters. The Hall–Kier alpha value is -3.64. The number of nitrogens with two attached hydrogens (primary N) is 5. The number of nitrogens with zero attached hydrogens (tertiary/aromatic N) is 5. The highest BCUT2D eigenvalue weighted by Crippen LogP contribution is 2.31. The van der Waals surface area contributed by atoms with Crippen molar-refractivity contribution in [3.05, 3.63) is 4.91 Å². The number of hydrogen-bond donors (Lipinski definition) is 5. The summed E-state index contributed by atoms with van der Waals surface area (Å²) in [6.45, 7) is 8.87. The van der Waals surface area contributed by atoms with Gasteiger partial charge in [0.25, 0.3) is 5.88 Å². The van der Waals surface area contributed by atoms with Crippen LogP contribution in [0, 0.1) is 16.7 Å². The van der Waals surface area contributed by atoms with Crippen molar-refractivity contribution in [1.29, 1.82) is 0 Å². The summed E-state index contributed by atoms with van der Waals surface area (Å²) < 4.78 is 10.6. The number of anilines is 5. The van der Waals surface area contributed by atoms with Crippen molar-refractivity contribution in [2.24, 2.45) is 17.0 Å². The molecule has 0 aliphatic carbocycles. The van der Waals surface area contributed by atoms with E-state index in [-0.39, 0.29) is 46.7 Å². The van der Waals surface area contributed by atoms with E-state index < -0.39 is 0 Å². The molecule has 2 heterocycles. The van der Waals surface area contributed by atoms with Gasteiger partial charge in [0.1, 0.15) is 5.69 Å². The van der Waals surface area contributed by atoms with Gasteiger partial charge in [0, 0.05) is 0 Å². The van der Waals surface area contributed by atoms with Gasteiger partial charge in [-0.25, -0.2) is 0 Å². The lowest BCUT2D eigenvalue weighted by Crippen LogP contribution is -2.11. The molecule has 0 fully saturated rings. The molecule has 160 valence electrons. The maximum atomic E-state index is 10.5. The number of hydrogen-bond acceptors (Lipinski definition) is 13. The molecule has 0 radical (unpaired) electrons. The molecule has 0 amide bonds. The van der Waals surface area contributed by atoms with Gasteiger partial charge in [-0.15, -0.1) is 4.91 Å². The lowest BCUT2D eigenvalue weighted by atomic mass is 10.2. The Balaban J connectivity index is 0.000000291. The molecule has 13 heteroatoms. The SMILES string of the molecule is CC(C)COc1nc(N)nc(N)c1N.CC(C)COc1nc(N)nc(N)c1N=O. The van der Waals surface area contributed by atoms with Crippen LogP contribution in [0.25, 0.3) is 0 Å². The predicted molar refractivity (Wildman–Crippen MR) is 112 cm³/mol. The van der Waals surface area contributed by atoms with Gasteiger partial charge in [-0.3, -0.25) is 0 Å². The van der Waals surface area contributed by atoms with Crippen molar-refractivity contribution < 1.29 is 9.47 Å². The fraction of sp³-hybridized carbons (Fsp3) is 0.500. The fourth-order valence-electron chi connectivity index (χ4n) is 1.74. The van der Waals surface area contributed by atoms with Gasteiger partial charge in [-0.2, -0.15) is 19.9 Å². The molecule has 0 aliphatic heterocycles. The lowest BCUT2D eigenvalue weighted by Gasteiger charge is -2.10. The van der Waals surface area contributed by atoms with Crippen LogP contribution < -0.4 is 38.1 Å². The van der Waals surface area contributed by atoms with Crippen molar-refractivity contribution in [3.8, 4) is 11.8 Å². The molecule has 0 aliphatic rings. The van der Waals surface area contributed by atoms with Crippen LogP contribution in [0.5, 0.6) is 11.8 Å². The Bertz CT molecular complexity index is 829. The zero-order valence-corrected chi connectivity index (χ0v) is 16.9. The monoisotopic (exact) mass is 408 g/mol. The highest BCUT2D eigenvalue weighted by molar-refractivity contribution is 5.66.